The molecule has 1 aromatic rings. The molecule has 0 radical (unpaired) electrons. The van der Waals surface area contributed by atoms with Gasteiger partial charge in [0.2, 0.25) is 0 Å². The van der Waals surface area contributed by atoms with Crippen molar-refractivity contribution in [2.45, 2.75) is 5.88 Å². The van der Waals surface area contributed by atoms with E-state index in [9.17, 15) is 4.79 Å². The lowest BCUT2D eigenvalue weighted by Crippen LogP contribution is -1.96. The van der Waals surface area contributed by atoms with Crippen molar-refractivity contribution in [2.24, 2.45) is 0 Å². The van der Waals surface area contributed by atoms with Crippen molar-refractivity contribution in [1.82, 2.24) is 0 Å². The minimum atomic E-state index is -0.886. The van der Waals surface area contributed by atoms with E-state index in [0.29, 0.717) is 16.3 Å². The van der Waals surface area contributed by atoms with Crippen molar-refractivity contribution in [3.63, 3.8) is 0 Å². The average molecular weight is 239 g/mol. The van der Waals surface area contributed by atoms with Gasteiger partial charge in [0.05, 0.1) is 0 Å². The van der Waals surface area contributed by atoms with Gasteiger partial charge in [-0.15, -0.1) is 11.6 Å². The van der Waals surface area contributed by atoms with Crippen LogP contribution in [0, 0.1) is 0 Å². The van der Waals surface area contributed by atoms with Crippen LogP contribution in [0.2, 0.25) is 5.02 Å². The second-order valence-electron chi connectivity index (χ2n) is 2.23. The first-order chi connectivity index (χ1) is 6.13. The first-order valence-electron chi connectivity index (χ1n) is 3.35. The van der Waals surface area contributed by atoms with Gasteiger partial charge in [0, 0.05) is 22.5 Å². The molecule has 0 bridgehead atoms. The highest BCUT2D eigenvalue weighted by Gasteiger charge is 2.04. The van der Waals surface area contributed by atoms with Gasteiger partial charge in [-0.25, -0.2) is 4.79 Å². The van der Waals surface area contributed by atoms with Crippen LogP contribution in [0.15, 0.2) is 18.2 Å². The molecule has 0 spiro atoms. The van der Waals surface area contributed by atoms with Crippen molar-refractivity contribution in [3.05, 3.63) is 28.8 Å². The minimum absolute atomic E-state index is 0.256. The van der Waals surface area contributed by atoms with Crippen LogP contribution in [0.25, 0.3) is 0 Å². The van der Waals surface area contributed by atoms with Gasteiger partial charge in [-0.05, 0) is 23.8 Å². The van der Waals surface area contributed by atoms with E-state index in [1.165, 1.54) is 0 Å². The Balaban J connectivity index is 2.92. The molecule has 0 amide bonds. The molecule has 0 N–H and O–H groups in total. The lowest BCUT2D eigenvalue weighted by atomic mass is 10.2. The summed E-state index contributed by atoms with van der Waals surface area (Å²) < 4.78 is 4.62. The Morgan fingerprint density at radius 1 is 1.46 bits per heavy atom. The minimum Gasteiger partial charge on any atom is -0.414 e. The summed E-state index contributed by atoms with van der Waals surface area (Å²) in [6.07, 6.45) is 0. The monoisotopic (exact) mass is 238 g/mol. The van der Waals surface area contributed by atoms with E-state index in [1.807, 2.05) is 0 Å². The average Bonchev–Trinajstić information content (AvgIpc) is 2.07. The second-order valence-corrected chi connectivity index (χ2v) is 3.21. The molecule has 1 aromatic carbocycles. The summed E-state index contributed by atoms with van der Waals surface area (Å²) in [6, 6.07) is 4.70. The van der Waals surface area contributed by atoms with E-state index < -0.39 is 5.43 Å². The van der Waals surface area contributed by atoms with Crippen molar-refractivity contribution < 1.29 is 9.53 Å². The Hall–Kier alpha value is -0.440. The molecule has 0 saturated carbocycles. The molecule has 0 fully saturated rings. The molecule has 2 nitrogen and oxygen atoms in total. The summed E-state index contributed by atoms with van der Waals surface area (Å²) in [5.74, 6) is 0.590. The summed E-state index contributed by atoms with van der Waals surface area (Å²) >= 11 is 16.4. The molecule has 0 aliphatic heterocycles. The molecule has 5 heteroatoms. The van der Waals surface area contributed by atoms with Crippen molar-refractivity contribution in [1.29, 1.82) is 0 Å². The third-order valence-electron chi connectivity index (χ3n) is 1.36. The Morgan fingerprint density at radius 2 is 2.15 bits per heavy atom. The molecule has 0 aliphatic rings. The summed E-state index contributed by atoms with van der Waals surface area (Å²) in [6.45, 7) is 0. The molecule has 0 atom stereocenters. The first kappa shape index (κ1) is 10.6. The van der Waals surface area contributed by atoms with Gasteiger partial charge in [-0.3, -0.25) is 0 Å². The molecular weight excluding hydrogens is 234 g/mol. The zero-order valence-electron chi connectivity index (χ0n) is 6.39. The fraction of sp³-hybridized carbons (Fsp3) is 0.125. The van der Waals surface area contributed by atoms with E-state index in [2.05, 4.69) is 4.74 Å². The molecule has 0 saturated heterocycles. The number of benzene rings is 1. The third-order valence-corrected chi connectivity index (χ3v) is 2.09. The maximum absolute atomic E-state index is 10.4. The fourth-order valence-electron chi connectivity index (χ4n) is 0.810. The number of alkyl halides is 1. The van der Waals surface area contributed by atoms with Gasteiger partial charge in [-0.1, -0.05) is 11.6 Å². The normalized spacial score (nSPS) is 9.77. The fourth-order valence-corrected chi connectivity index (χ4v) is 1.37. The molecular formula is C8H5Cl3O2. The summed E-state index contributed by atoms with van der Waals surface area (Å²) in [5, 5.41) is 0.532. The number of carbonyl (C=O) groups is 1. The van der Waals surface area contributed by atoms with Gasteiger partial charge in [0.15, 0.2) is 0 Å². The summed E-state index contributed by atoms with van der Waals surface area (Å²) in [5.41, 5.74) is -0.193. The Labute approximate surface area is 90.3 Å². The maximum Gasteiger partial charge on any atom is 0.409 e. The van der Waals surface area contributed by atoms with Gasteiger partial charge in [0.25, 0.3) is 0 Å². The number of rotatable bonds is 2. The Kier molecular flexibility index (Phi) is 3.85. The predicted molar refractivity (Wildman–Crippen MR) is 52.9 cm³/mol. The molecule has 0 aliphatic carbocycles. The topological polar surface area (TPSA) is 26.3 Å². The lowest BCUT2D eigenvalue weighted by Gasteiger charge is -2.03. The van der Waals surface area contributed by atoms with Gasteiger partial charge < -0.3 is 4.74 Å². The van der Waals surface area contributed by atoms with E-state index >= 15 is 0 Å². The molecule has 1 rings (SSSR count). The lowest BCUT2D eigenvalue weighted by molar-refractivity contribution is 0.225. The van der Waals surface area contributed by atoms with E-state index in [0.717, 1.165) is 0 Å². The highest BCUT2D eigenvalue weighted by Crippen LogP contribution is 2.23. The first-order valence-corrected chi connectivity index (χ1v) is 4.64. The second kappa shape index (κ2) is 4.70. The van der Waals surface area contributed by atoms with E-state index in [1.54, 1.807) is 18.2 Å². The quantitative estimate of drug-likeness (QED) is 0.579. The standard InChI is InChI=1S/C8H5Cl3O2/c9-4-5-3-6(13-8(11)12)1-2-7(5)10/h1-3H,4H2. The number of hydrogen-bond donors (Lipinski definition) is 0. The Morgan fingerprint density at radius 3 is 2.69 bits per heavy atom. The van der Waals surface area contributed by atoms with Crippen LogP contribution in [-0.4, -0.2) is 5.43 Å². The highest BCUT2D eigenvalue weighted by molar-refractivity contribution is 6.61. The van der Waals surface area contributed by atoms with Crippen LogP contribution in [0.4, 0.5) is 4.79 Å². The number of halogens is 3. The van der Waals surface area contributed by atoms with Crippen molar-refractivity contribution in [3.8, 4) is 5.75 Å². The van der Waals surface area contributed by atoms with Crippen LogP contribution in [0.3, 0.4) is 0 Å². The summed E-state index contributed by atoms with van der Waals surface area (Å²) in [4.78, 5) is 10.4. The molecule has 0 heterocycles. The largest absolute Gasteiger partial charge is 0.414 e. The van der Waals surface area contributed by atoms with Crippen LogP contribution < -0.4 is 4.74 Å². The number of ether oxygens (including phenoxy) is 1. The van der Waals surface area contributed by atoms with Gasteiger partial charge >= 0.3 is 5.43 Å². The highest BCUT2D eigenvalue weighted by atomic mass is 35.5. The molecule has 13 heavy (non-hydrogen) atoms. The van der Waals surface area contributed by atoms with E-state index in [-0.39, 0.29) is 5.88 Å². The van der Waals surface area contributed by atoms with Crippen molar-refractivity contribution >= 4 is 40.2 Å². The van der Waals surface area contributed by atoms with Crippen molar-refractivity contribution in [2.75, 3.05) is 0 Å². The van der Waals surface area contributed by atoms with Crippen LogP contribution in [0.1, 0.15) is 5.56 Å². The van der Waals surface area contributed by atoms with E-state index in [4.69, 9.17) is 34.8 Å². The van der Waals surface area contributed by atoms with Gasteiger partial charge in [-0.2, -0.15) is 0 Å². The zero-order valence-corrected chi connectivity index (χ0v) is 8.66. The maximum atomic E-state index is 10.4. The Bertz CT molecular complexity index is 325. The van der Waals surface area contributed by atoms with Crippen LogP contribution in [-0.2, 0) is 5.88 Å². The molecule has 70 valence electrons. The third kappa shape index (κ3) is 3.07. The molecule has 0 aromatic heterocycles. The number of carbonyl (C=O) groups excluding carboxylic acids is 1. The van der Waals surface area contributed by atoms with Gasteiger partial charge in [0.1, 0.15) is 5.75 Å². The number of hydrogen-bond acceptors (Lipinski definition) is 2. The van der Waals surface area contributed by atoms with Crippen LogP contribution in [0.5, 0.6) is 5.75 Å². The zero-order chi connectivity index (χ0) is 9.84. The summed E-state index contributed by atoms with van der Waals surface area (Å²) in [7, 11) is 0. The van der Waals surface area contributed by atoms with Crippen LogP contribution >= 0.6 is 34.8 Å². The predicted octanol–water partition coefficient (Wildman–Crippen LogP) is 3.82. The molecule has 0 unspecified atom stereocenters. The smallest absolute Gasteiger partial charge is 0.409 e. The SMILES string of the molecule is O=C(Cl)Oc1ccc(Cl)c(CCl)c1.